The average Bonchev–Trinajstić information content (AvgIpc) is 3.59. The normalized spacial score (nSPS) is 18.5. The van der Waals surface area contributed by atoms with Crippen LogP contribution in [-0.4, -0.2) is 56.7 Å². The first kappa shape index (κ1) is 24.0. The van der Waals surface area contributed by atoms with Crippen molar-refractivity contribution in [2.24, 2.45) is 0 Å². The molecule has 2 aliphatic heterocycles. The zero-order valence-corrected chi connectivity index (χ0v) is 21.0. The first-order valence-electron chi connectivity index (χ1n) is 12.6. The second-order valence-corrected chi connectivity index (χ2v) is 10.4. The quantitative estimate of drug-likeness (QED) is 0.412. The third-order valence-electron chi connectivity index (χ3n) is 7.02. The van der Waals surface area contributed by atoms with E-state index < -0.39 is 5.25 Å². The largest absolute Gasteiger partial charge is 0.341 e. The third-order valence-corrected chi connectivity index (χ3v) is 8.21. The molecule has 0 bridgehead atoms. The number of halogens is 1. The number of amides is 1. The van der Waals surface area contributed by atoms with E-state index in [1.807, 2.05) is 39.8 Å². The van der Waals surface area contributed by atoms with Gasteiger partial charge in [-0.05, 0) is 75.5 Å². The number of likely N-dealkylation sites (tertiary alicyclic amines) is 2. The molecule has 0 N–H and O–H groups in total. The summed E-state index contributed by atoms with van der Waals surface area (Å²) in [7, 11) is 0. The summed E-state index contributed by atoms with van der Waals surface area (Å²) in [5.74, 6) is 0.646. The summed E-state index contributed by atoms with van der Waals surface area (Å²) in [6.07, 6.45) is 5.70. The van der Waals surface area contributed by atoms with E-state index in [-0.39, 0.29) is 17.8 Å². The summed E-state index contributed by atoms with van der Waals surface area (Å²) in [5, 5.41) is 9.44. The lowest BCUT2D eigenvalue weighted by atomic mass is 10.1. The van der Waals surface area contributed by atoms with E-state index in [4.69, 9.17) is 0 Å². The number of hydrogen-bond acceptors (Lipinski definition) is 5. The lowest BCUT2D eigenvalue weighted by molar-refractivity contribution is -0.129. The molecule has 6 nitrogen and oxygen atoms in total. The summed E-state index contributed by atoms with van der Waals surface area (Å²) < 4.78 is 15.8. The molecule has 2 atom stereocenters. The number of thioether (sulfide) groups is 1. The SMILES string of the molecule is C[C@@H](c1nnc(S[C@H](C(=O)N2CCCC2)c2ccccc2)n1-c1ccc(F)cc1)N1CCCCC1. The Morgan fingerprint density at radius 3 is 2.23 bits per heavy atom. The zero-order valence-electron chi connectivity index (χ0n) is 20.1. The molecule has 0 unspecified atom stereocenters. The van der Waals surface area contributed by atoms with Crippen LogP contribution in [0.5, 0.6) is 0 Å². The van der Waals surface area contributed by atoms with Crippen molar-refractivity contribution >= 4 is 17.7 Å². The van der Waals surface area contributed by atoms with E-state index in [9.17, 15) is 9.18 Å². The fourth-order valence-electron chi connectivity index (χ4n) is 5.03. The molecule has 2 saturated heterocycles. The number of nitrogens with zero attached hydrogens (tertiary/aromatic N) is 5. The molecule has 0 saturated carbocycles. The van der Waals surface area contributed by atoms with Crippen molar-refractivity contribution in [3.8, 4) is 5.69 Å². The molecule has 0 spiro atoms. The summed E-state index contributed by atoms with van der Waals surface area (Å²) in [6, 6.07) is 16.4. The Morgan fingerprint density at radius 2 is 1.54 bits per heavy atom. The minimum Gasteiger partial charge on any atom is -0.341 e. The maximum atomic E-state index is 13.8. The number of piperidine rings is 1. The summed E-state index contributed by atoms with van der Waals surface area (Å²) in [5.41, 5.74) is 1.76. The van der Waals surface area contributed by atoms with E-state index in [0.717, 1.165) is 56.1 Å². The highest BCUT2D eigenvalue weighted by Crippen LogP contribution is 2.39. The van der Waals surface area contributed by atoms with Crippen LogP contribution in [0.4, 0.5) is 4.39 Å². The van der Waals surface area contributed by atoms with Crippen LogP contribution in [0.15, 0.2) is 59.8 Å². The van der Waals surface area contributed by atoms with Gasteiger partial charge in [-0.1, -0.05) is 48.5 Å². The van der Waals surface area contributed by atoms with E-state index in [1.165, 1.54) is 43.2 Å². The van der Waals surface area contributed by atoms with Crippen molar-refractivity contribution < 1.29 is 9.18 Å². The van der Waals surface area contributed by atoms with Crippen molar-refractivity contribution in [2.75, 3.05) is 26.2 Å². The molecule has 1 amide bonds. The molecular weight excluding hydrogens is 461 g/mol. The molecule has 184 valence electrons. The van der Waals surface area contributed by atoms with Gasteiger partial charge in [0.2, 0.25) is 5.91 Å². The highest BCUT2D eigenvalue weighted by molar-refractivity contribution is 8.00. The van der Waals surface area contributed by atoms with Gasteiger partial charge < -0.3 is 4.90 Å². The number of carbonyl (C=O) groups is 1. The fourth-order valence-corrected chi connectivity index (χ4v) is 6.17. The van der Waals surface area contributed by atoms with E-state index in [2.05, 4.69) is 22.0 Å². The Morgan fingerprint density at radius 1 is 0.886 bits per heavy atom. The summed E-state index contributed by atoms with van der Waals surface area (Å²) in [6.45, 7) is 5.81. The standard InChI is InChI=1S/C27H32FN5OS/c1-20(31-16-6-3-7-17-31)25-29-30-27(33(25)23-14-12-22(28)13-15-23)35-24(21-10-4-2-5-11-21)26(34)32-18-8-9-19-32/h2,4-5,10-15,20,24H,3,6-9,16-19H2,1H3/t20-,24-/m0/s1. The maximum Gasteiger partial charge on any atom is 0.240 e. The number of aromatic nitrogens is 3. The van der Waals surface area contributed by atoms with Crippen molar-refractivity contribution in [3.05, 3.63) is 71.8 Å². The van der Waals surface area contributed by atoms with Crippen molar-refractivity contribution in [2.45, 2.75) is 55.5 Å². The van der Waals surface area contributed by atoms with Gasteiger partial charge in [0, 0.05) is 18.8 Å². The summed E-state index contributed by atoms with van der Waals surface area (Å²) >= 11 is 1.43. The highest BCUT2D eigenvalue weighted by atomic mass is 32.2. The molecule has 2 fully saturated rings. The molecule has 8 heteroatoms. The van der Waals surface area contributed by atoms with Crippen LogP contribution >= 0.6 is 11.8 Å². The molecule has 0 radical (unpaired) electrons. The Kier molecular flexibility index (Phi) is 7.48. The van der Waals surface area contributed by atoms with Crippen LogP contribution < -0.4 is 0 Å². The van der Waals surface area contributed by atoms with E-state index >= 15 is 0 Å². The number of hydrogen-bond donors (Lipinski definition) is 0. The van der Waals surface area contributed by atoms with Gasteiger partial charge in [-0.2, -0.15) is 0 Å². The molecule has 2 aromatic carbocycles. The number of carbonyl (C=O) groups excluding carboxylic acids is 1. The van der Waals surface area contributed by atoms with Crippen LogP contribution in [0, 0.1) is 5.82 Å². The monoisotopic (exact) mass is 493 g/mol. The fraction of sp³-hybridized carbons (Fsp3) is 0.444. The molecule has 5 rings (SSSR count). The Hall–Kier alpha value is -2.71. The lowest BCUT2D eigenvalue weighted by Crippen LogP contribution is -2.33. The summed E-state index contributed by atoms with van der Waals surface area (Å²) in [4.78, 5) is 18.0. The van der Waals surface area contributed by atoms with Crippen LogP contribution in [-0.2, 0) is 4.79 Å². The molecular formula is C27H32FN5OS. The molecule has 1 aromatic heterocycles. The van der Waals surface area contributed by atoms with Crippen LogP contribution in [0.1, 0.15) is 61.7 Å². The van der Waals surface area contributed by atoms with Gasteiger partial charge in [-0.15, -0.1) is 10.2 Å². The Balaban J connectivity index is 1.53. The van der Waals surface area contributed by atoms with E-state index in [1.54, 1.807) is 12.1 Å². The van der Waals surface area contributed by atoms with Gasteiger partial charge in [0.15, 0.2) is 11.0 Å². The molecule has 3 aromatic rings. The van der Waals surface area contributed by atoms with Gasteiger partial charge in [0.05, 0.1) is 6.04 Å². The Labute approximate surface area is 210 Å². The highest BCUT2D eigenvalue weighted by Gasteiger charge is 2.32. The van der Waals surface area contributed by atoms with Crippen LogP contribution in [0.3, 0.4) is 0 Å². The molecule has 0 aliphatic carbocycles. The predicted molar refractivity (Wildman–Crippen MR) is 136 cm³/mol. The molecule has 3 heterocycles. The minimum absolute atomic E-state index is 0.0617. The topological polar surface area (TPSA) is 54.3 Å². The Bertz CT molecular complexity index is 1120. The smallest absolute Gasteiger partial charge is 0.240 e. The van der Waals surface area contributed by atoms with Gasteiger partial charge in [0.25, 0.3) is 0 Å². The molecule has 35 heavy (non-hydrogen) atoms. The second kappa shape index (κ2) is 10.9. The zero-order chi connectivity index (χ0) is 24.2. The number of rotatable bonds is 7. The van der Waals surface area contributed by atoms with Crippen molar-refractivity contribution in [1.82, 2.24) is 24.6 Å². The van der Waals surface area contributed by atoms with Gasteiger partial charge >= 0.3 is 0 Å². The van der Waals surface area contributed by atoms with Crippen LogP contribution in [0.25, 0.3) is 5.69 Å². The maximum absolute atomic E-state index is 13.8. The third kappa shape index (κ3) is 5.28. The van der Waals surface area contributed by atoms with E-state index in [0.29, 0.717) is 5.16 Å². The van der Waals surface area contributed by atoms with Gasteiger partial charge in [0.1, 0.15) is 11.1 Å². The predicted octanol–water partition coefficient (Wildman–Crippen LogP) is 5.41. The van der Waals surface area contributed by atoms with Crippen LogP contribution in [0.2, 0.25) is 0 Å². The lowest BCUT2D eigenvalue weighted by Gasteiger charge is -2.32. The van der Waals surface area contributed by atoms with Gasteiger partial charge in [-0.3, -0.25) is 14.3 Å². The number of benzene rings is 2. The minimum atomic E-state index is -0.421. The average molecular weight is 494 g/mol. The molecule has 2 aliphatic rings. The second-order valence-electron chi connectivity index (χ2n) is 9.37. The van der Waals surface area contributed by atoms with Gasteiger partial charge in [-0.25, -0.2) is 4.39 Å². The van der Waals surface area contributed by atoms with Crippen molar-refractivity contribution in [3.63, 3.8) is 0 Å². The first-order chi connectivity index (χ1) is 17.1. The first-order valence-corrected chi connectivity index (χ1v) is 13.5. The van der Waals surface area contributed by atoms with Crippen molar-refractivity contribution in [1.29, 1.82) is 0 Å².